The van der Waals surface area contributed by atoms with Gasteiger partial charge in [0.15, 0.2) is 5.03 Å². The zero-order chi connectivity index (χ0) is 13.2. The van der Waals surface area contributed by atoms with Crippen LogP contribution in [0.25, 0.3) is 0 Å². The fourth-order valence-electron chi connectivity index (χ4n) is 1.43. The molecule has 0 amide bonds. The van der Waals surface area contributed by atoms with E-state index in [0.717, 1.165) is 0 Å². The molecule has 2 aromatic heterocycles. The first-order chi connectivity index (χ1) is 8.54. The van der Waals surface area contributed by atoms with Crippen molar-refractivity contribution >= 4 is 21.4 Å². The number of aliphatic hydroxyl groups is 1. The van der Waals surface area contributed by atoms with Crippen LogP contribution in [-0.4, -0.2) is 28.7 Å². The van der Waals surface area contributed by atoms with Crippen molar-refractivity contribution in [1.29, 1.82) is 0 Å². The lowest BCUT2D eigenvalue weighted by atomic mass is 10.4. The molecule has 0 radical (unpaired) electrons. The monoisotopic (exact) mass is 288 g/mol. The first-order valence-corrected chi connectivity index (χ1v) is 7.45. The van der Waals surface area contributed by atoms with E-state index >= 15 is 0 Å². The third-order valence-electron chi connectivity index (χ3n) is 2.27. The van der Waals surface area contributed by atoms with E-state index in [-0.39, 0.29) is 10.6 Å². The zero-order valence-corrected chi connectivity index (χ0v) is 11.1. The first-order valence-electron chi connectivity index (χ1n) is 5.09. The summed E-state index contributed by atoms with van der Waals surface area (Å²) in [6.07, 6.45) is 2.89. The predicted octanol–water partition coefficient (Wildman–Crippen LogP) is 0.398. The molecule has 2 rings (SSSR count). The predicted molar refractivity (Wildman–Crippen MR) is 65.4 cm³/mol. The quantitative estimate of drug-likeness (QED) is 0.738. The molecule has 0 aromatic carbocycles. The minimum absolute atomic E-state index is 0.117. The number of hydrogen-bond donors (Lipinski definition) is 3. The van der Waals surface area contributed by atoms with Crippen molar-refractivity contribution in [3.05, 3.63) is 28.3 Å². The van der Waals surface area contributed by atoms with Gasteiger partial charge in [-0.25, -0.2) is 18.1 Å². The van der Waals surface area contributed by atoms with Gasteiger partial charge in [0.05, 0.1) is 18.8 Å². The molecule has 0 aliphatic rings. The van der Waals surface area contributed by atoms with E-state index in [1.54, 1.807) is 18.5 Å². The molecule has 0 aliphatic carbocycles. The molecule has 0 fully saturated rings. The zero-order valence-electron chi connectivity index (χ0n) is 9.49. The van der Waals surface area contributed by atoms with Crippen molar-refractivity contribution in [3.8, 4) is 0 Å². The SMILES string of the molecule is CC(NS(=O)(=O)c1[nH]ncc1CO)c1nccs1. The lowest BCUT2D eigenvalue weighted by Crippen LogP contribution is -2.27. The highest BCUT2D eigenvalue weighted by Gasteiger charge is 2.24. The molecular weight excluding hydrogens is 276 g/mol. The Labute approximate surface area is 108 Å². The Bertz CT molecular complexity index is 606. The Morgan fingerprint density at radius 2 is 2.39 bits per heavy atom. The molecule has 1 atom stereocenters. The van der Waals surface area contributed by atoms with Gasteiger partial charge in [0.25, 0.3) is 10.0 Å². The van der Waals surface area contributed by atoms with Crippen LogP contribution in [-0.2, 0) is 16.6 Å². The highest BCUT2D eigenvalue weighted by atomic mass is 32.2. The van der Waals surface area contributed by atoms with Crippen molar-refractivity contribution in [1.82, 2.24) is 19.9 Å². The fourth-order valence-corrected chi connectivity index (χ4v) is 3.49. The summed E-state index contributed by atoms with van der Waals surface area (Å²) >= 11 is 1.37. The third-order valence-corrected chi connectivity index (χ3v) is 4.78. The standard InChI is InChI=1S/C9H12N4O3S2/c1-6(8-10-2-3-17-8)13-18(15,16)9-7(5-14)4-11-12-9/h2-4,6,13-14H,5H2,1H3,(H,11,12). The van der Waals surface area contributed by atoms with Crippen LogP contribution in [0, 0.1) is 0 Å². The molecule has 9 heteroatoms. The van der Waals surface area contributed by atoms with E-state index in [1.807, 2.05) is 0 Å². The fraction of sp³-hybridized carbons (Fsp3) is 0.333. The van der Waals surface area contributed by atoms with Crippen LogP contribution in [0.15, 0.2) is 22.8 Å². The van der Waals surface area contributed by atoms with Gasteiger partial charge in [-0.05, 0) is 6.92 Å². The van der Waals surface area contributed by atoms with E-state index in [2.05, 4.69) is 19.9 Å². The minimum atomic E-state index is -3.75. The first kappa shape index (κ1) is 13.1. The third kappa shape index (κ3) is 2.58. The van der Waals surface area contributed by atoms with E-state index in [4.69, 9.17) is 5.11 Å². The smallest absolute Gasteiger partial charge is 0.258 e. The summed E-state index contributed by atoms with van der Waals surface area (Å²) in [6, 6.07) is -0.440. The second-order valence-electron chi connectivity index (χ2n) is 3.60. The van der Waals surface area contributed by atoms with E-state index in [9.17, 15) is 8.42 Å². The number of rotatable bonds is 5. The van der Waals surface area contributed by atoms with Gasteiger partial charge in [-0.1, -0.05) is 0 Å². The van der Waals surface area contributed by atoms with Gasteiger partial charge < -0.3 is 5.11 Å². The molecule has 0 saturated carbocycles. The van der Waals surface area contributed by atoms with Crippen LogP contribution in [0.4, 0.5) is 0 Å². The molecule has 0 bridgehead atoms. The van der Waals surface area contributed by atoms with Crippen molar-refractivity contribution in [2.75, 3.05) is 0 Å². The van der Waals surface area contributed by atoms with Gasteiger partial charge in [0.2, 0.25) is 0 Å². The van der Waals surface area contributed by atoms with Gasteiger partial charge in [-0.3, -0.25) is 5.10 Å². The minimum Gasteiger partial charge on any atom is -0.392 e. The van der Waals surface area contributed by atoms with Gasteiger partial charge in [-0.15, -0.1) is 11.3 Å². The van der Waals surface area contributed by atoms with Crippen LogP contribution in [0.2, 0.25) is 0 Å². The molecule has 3 N–H and O–H groups in total. The molecule has 2 aromatic rings. The van der Waals surface area contributed by atoms with Crippen molar-refractivity contribution in [3.63, 3.8) is 0 Å². The summed E-state index contributed by atoms with van der Waals surface area (Å²) in [6.45, 7) is 1.31. The van der Waals surface area contributed by atoms with Gasteiger partial charge in [0.1, 0.15) is 5.01 Å². The number of nitrogens with zero attached hydrogens (tertiary/aromatic N) is 2. The van der Waals surface area contributed by atoms with E-state index in [0.29, 0.717) is 5.01 Å². The topological polar surface area (TPSA) is 108 Å². The molecule has 18 heavy (non-hydrogen) atoms. The molecule has 0 saturated heterocycles. The Balaban J connectivity index is 2.23. The number of aromatic amines is 1. The summed E-state index contributed by atoms with van der Waals surface area (Å²) < 4.78 is 26.6. The number of nitrogens with one attached hydrogen (secondary N) is 2. The molecular formula is C9H12N4O3S2. The van der Waals surface area contributed by atoms with Crippen LogP contribution in [0.1, 0.15) is 23.5 Å². The average molecular weight is 288 g/mol. The number of H-pyrrole nitrogens is 1. The lowest BCUT2D eigenvalue weighted by molar-refractivity contribution is 0.278. The van der Waals surface area contributed by atoms with E-state index < -0.39 is 22.7 Å². The van der Waals surface area contributed by atoms with Gasteiger partial charge in [0, 0.05) is 17.1 Å². The number of aromatic nitrogens is 3. The molecule has 98 valence electrons. The average Bonchev–Trinajstić information content (AvgIpc) is 2.99. The van der Waals surface area contributed by atoms with Gasteiger partial charge >= 0.3 is 0 Å². The second-order valence-corrected chi connectivity index (χ2v) is 6.17. The molecule has 0 aliphatic heterocycles. The maximum Gasteiger partial charge on any atom is 0.258 e. The summed E-state index contributed by atoms with van der Waals surface area (Å²) in [5.74, 6) is 0. The molecule has 2 heterocycles. The van der Waals surface area contributed by atoms with E-state index in [1.165, 1.54) is 17.5 Å². The van der Waals surface area contributed by atoms with Crippen LogP contribution in [0.3, 0.4) is 0 Å². The summed E-state index contributed by atoms with van der Waals surface area (Å²) in [5.41, 5.74) is 0.230. The maximum atomic E-state index is 12.1. The number of thiazole rings is 1. The van der Waals surface area contributed by atoms with Crippen LogP contribution >= 0.6 is 11.3 Å². The summed E-state index contributed by atoms with van der Waals surface area (Å²) in [4.78, 5) is 4.04. The normalized spacial score (nSPS) is 13.7. The lowest BCUT2D eigenvalue weighted by Gasteiger charge is -2.11. The van der Waals surface area contributed by atoms with Crippen molar-refractivity contribution < 1.29 is 13.5 Å². The largest absolute Gasteiger partial charge is 0.392 e. The molecule has 0 spiro atoms. The summed E-state index contributed by atoms with van der Waals surface area (Å²) in [5, 5.41) is 17.3. The number of hydrogen-bond acceptors (Lipinski definition) is 6. The second kappa shape index (κ2) is 5.14. The van der Waals surface area contributed by atoms with Crippen molar-refractivity contribution in [2.45, 2.75) is 24.6 Å². The number of sulfonamides is 1. The maximum absolute atomic E-state index is 12.1. The highest BCUT2D eigenvalue weighted by molar-refractivity contribution is 7.89. The Morgan fingerprint density at radius 1 is 1.61 bits per heavy atom. The Hall–Kier alpha value is -1.29. The van der Waals surface area contributed by atoms with Crippen molar-refractivity contribution in [2.24, 2.45) is 0 Å². The Kier molecular flexibility index (Phi) is 3.76. The molecule has 1 unspecified atom stereocenters. The molecule has 7 nitrogen and oxygen atoms in total. The van der Waals surface area contributed by atoms with Crippen LogP contribution in [0.5, 0.6) is 0 Å². The van der Waals surface area contributed by atoms with Crippen LogP contribution < -0.4 is 4.72 Å². The van der Waals surface area contributed by atoms with Gasteiger partial charge in [-0.2, -0.15) is 5.10 Å². The highest BCUT2D eigenvalue weighted by Crippen LogP contribution is 2.19. The summed E-state index contributed by atoms with van der Waals surface area (Å²) in [7, 11) is -3.75. The number of aliphatic hydroxyl groups excluding tert-OH is 1. The Morgan fingerprint density at radius 3 is 3.00 bits per heavy atom.